The van der Waals surface area contributed by atoms with E-state index in [2.05, 4.69) is 30.7 Å². The van der Waals surface area contributed by atoms with E-state index in [9.17, 15) is 0 Å². The highest BCUT2D eigenvalue weighted by atomic mass is 35.5. The van der Waals surface area contributed by atoms with Crippen molar-refractivity contribution in [3.05, 3.63) is 77.7 Å². The van der Waals surface area contributed by atoms with E-state index in [1.165, 1.54) is 0 Å². The van der Waals surface area contributed by atoms with Crippen LogP contribution in [0.5, 0.6) is 0 Å². The number of hydrogen-bond donors (Lipinski definition) is 1. The summed E-state index contributed by atoms with van der Waals surface area (Å²) < 4.78 is 3.52. The van der Waals surface area contributed by atoms with Gasteiger partial charge < -0.3 is 5.32 Å². The van der Waals surface area contributed by atoms with Crippen molar-refractivity contribution in [2.75, 3.05) is 5.32 Å². The molecular formula is C21H17ClN8. The lowest BCUT2D eigenvalue weighted by Gasteiger charge is -2.08. The van der Waals surface area contributed by atoms with Crippen molar-refractivity contribution in [1.82, 2.24) is 34.7 Å². The van der Waals surface area contributed by atoms with Crippen LogP contribution in [0.15, 0.2) is 67.1 Å². The second kappa shape index (κ2) is 7.57. The average Bonchev–Trinajstić information content (AvgIpc) is 3.34. The molecule has 9 heteroatoms. The summed E-state index contributed by atoms with van der Waals surface area (Å²) >= 11 is 6.08. The molecule has 0 saturated carbocycles. The van der Waals surface area contributed by atoms with Gasteiger partial charge in [-0.05, 0) is 41.5 Å². The number of pyridine rings is 2. The number of hydrogen-bond acceptors (Lipinski definition) is 6. The molecule has 1 N–H and O–H groups in total. The maximum absolute atomic E-state index is 6.08. The Bertz CT molecular complexity index is 1340. The van der Waals surface area contributed by atoms with Gasteiger partial charge in [-0.25, -0.2) is 14.6 Å². The van der Waals surface area contributed by atoms with Crippen molar-refractivity contribution in [1.29, 1.82) is 0 Å². The summed E-state index contributed by atoms with van der Waals surface area (Å²) in [7, 11) is 1.87. The van der Waals surface area contributed by atoms with Gasteiger partial charge in [0.15, 0.2) is 5.65 Å². The maximum Gasteiger partial charge on any atom is 0.178 e. The zero-order valence-electron chi connectivity index (χ0n) is 16.1. The molecule has 0 spiro atoms. The number of fused-ring (bicyclic) bond motifs is 1. The fourth-order valence-electron chi connectivity index (χ4n) is 3.24. The van der Waals surface area contributed by atoms with Crippen LogP contribution in [0.2, 0.25) is 5.02 Å². The molecule has 5 rings (SSSR count). The molecule has 0 amide bonds. The molecule has 1 aromatic carbocycles. The van der Waals surface area contributed by atoms with Gasteiger partial charge in [0.2, 0.25) is 0 Å². The lowest BCUT2D eigenvalue weighted by Crippen LogP contribution is -2.03. The molecule has 0 radical (unpaired) electrons. The Hall–Kier alpha value is -3.78. The number of nitrogens with zero attached hydrogens (tertiary/aromatic N) is 7. The van der Waals surface area contributed by atoms with Gasteiger partial charge >= 0.3 is 0 Å². The Balaban J connectivity index is 1.43. The SMILES string of the molecule is Cn1nccc1Nc1cc(-c2cnc3c(c2)nnn3Cc2cccc(Cl)c2)ccn1. The fourth-order valence-corrected chi connectivity index (χ4v) is 3.45. The van der Waals surface area contributed by atoms with E-state index >= 15 is 0 Å². The van der Waals surface area contributed by atoms with Gasteiger partial charge in [0.1, 0.15) is 17.2 Å². The minimum absolute atomic E-state index is 0.553. The minimum Gasteiger partial charge on any atom is -0.325 e. The number of halogens is 1. The van der Waals surface area contributed by atoms with E-state index in [0.717, 1.165) is 39.5 Å². The molecule has 30 heavy (non-hydrogen) atoms. The number of anilines is 2. The van der Waals surface area contributed by atoms with E-state index in [1.807, 2.05) is 61.8 Å². The lowest BCUT2D eigenvalue weighted by molar-refractivity contribution is 0.664. The smallest absolute Gasteiger partial charge is 0.178 e. The van der Waals surface area contributed by atoms with E-state index in [1.54, 1.807) is 21.8 Å². The molecule has 8 nitrogen and oxygen atoms in total. The van der Waals surface area contributed by atoms with Gasteiger partial charge in [0.05, 0.1) is 12.7 Å². The second-order valence-electron chi connectivity index (χ2n) is 6.84. The Morgan fingerprint density at radius 3 is 2.77 bits per heavy atom. The summed E-state index contributed by atoms with van der Waals surface area (Å²) in [6.07, 6.45) is 5.31. The Morgan fingerprint density at radius 1 is 1.00 bits per heavy atom. The van der Waals surface area contributed by atoms with Crippen molar-refractivity contribution >= 4 is 34.4 Å². The van der Waals surface area contributed by atoms with Crippen molar-refractivity contribution in [3.8, 4) is 11.1 Å². The molecule has 5 aromatic rings. The molecule has 0 bridgehead atoms. The third-order valence-electron chi connectivity index (χ3n) is 4.74. The summed E-state index contributed by atoms with van der Waals surface area (Å²) in [5, 5.41) is 16.7. The predicted molar refractivity (Wildman–Crippen MR) is 116 cm³/mol. The van der Waals surface area contributed by atoms with Crippen LogP contribution in [0.4, 0.5) is 11.6 Å². The average molecular weight is 417 g/mol. The van der Waals surface area contributed by atoms with Gasteiger partial charge in [0.25, 0.3) is 0 Å². The van der Waals surface area contributed by atoms with Crippen LogP contribution in [0.1, 0.15) is 5.56 Å². The molecule has 0 aliphatic heterocycles. The highest BCUT2D eigenvalue weighted by Gasteiger charge is 2.10. The third-order valence-corrected chi connectivity index (χ3v) is 4.98. The zero-order valence-corrected chi connectivity index (χ0v) is 16.8. The van der Waals surface area contributed by atoms with Crippen molar-refractivity contribution in [2.24, 2.45) is 7.05 Å². The second-order valence-corrected chi connectivity index (χ2v) is 7.27. The van der Waals surface area contributed by atoms with Gasteiger partial charge in [-0.3, -0.25) is 4.68 Å². The van der Waals surface area contributed by atoms with Crippen LogP contribution in [0.3, 0.4) is 0 Å². The molecule has 0 aliphatic rings. The van der Waals surface area contributed by atoms with Gasteiger partial charge in [-0.15, -0.1) is 5.10 Å². The molecular weight excluding hydrogens is 400 g/mol. The highest BCUT2D eigenvalue weighted by Crippen LogP contribution is 2.25. The zero-order chi connectivity index (χ0) is 20.5. The van der Waals surface area contributed by atoms with E-state index in [4.69, 9.17) is 11.6 Å². The van der Waals surface area contributed by atoms with Gasteiger partial charge in [-0.1, -0.05) is 28.9 Å². The Labute approximate surface area is 177 Å². The third kappa shape index (κ3) is 3.60. The first-order valence-corrected chi connectivity index (χ1v) is 9.69. The standard InChI is InChI=1S/C21H17ClN8/c1-29-20(6-8-25-29)26-19-11-15(5-7-23-19)16-10-18-21(24-12-16)30(28-27-18)13-14-3-2-4-17(22)9-14/h2-12H,13H2,1H3,(H,23,26). The van der Waals surface area contributed by atoms with Crippen LogP contribution in [0.25, 0.3) is 22.3 Å². The molecule has 0 atom stereocenters. The Kier molecular flexibility index (Phi) is 4.61. The minimum atomic E-state index is 0.553. The Morgan fingerprint density at radius 2 is 1.93 bits per heavy atom. The first kappa shape index (κ1) is 18.3. The van der Waals surface area contributed by atoms with Crippen LogP contribution in [-0.4, -0.2) is 34.7 Å². The summed E-state index contributed by atoms with van der Waals surface area (Å²) in [5.41, 5.74) is 4.41. The van der Waals surface area contributed by atoms with E-state index in [-0.39, 0.29) is 0 Å². The summed E-state index contributed by atoms with van der Waals surface area (Å²) in [6, 6.07) is 15.5. The quantitative estimate of drug-likeness (QED) is 0.464. The molecule has 148 valence electrons. The van der Waals surface area contributed by atoms with Crippen LogP contribution in [0, 0.1) is 0 Å². The predicted octanol–water partition coefficient (Wildman–Crippen LogP) is 4.07. The van der Waals surface area contributed by atoms with Gasteiger partial charge in [0, 0.05) is 36.1 Å². The number of aryl methyl sites for hydroxylation is 1. The van der Waals surface area contributed by atoms with Crippen molar-refractivity contribution < 1.29 is 0 Å². The van der Waals surface area contributed by atoms with Crippen molar-refractivity contribution in [2.45, 2.75) is 6.54 Å². The monoisotopic (exact) mass is 416 g/mol. The van der Waals surface area contributed by atoms with Crippen LogP contribution >= 0.6 is 11.6 Å². The number of aromatic nitrogens is 7. The highest BCUT2D eigenvalue weighted by molar-refractivity contribution is 6.30. The molecule has 4 heterocycles. The first-order valence-electron chi connectivity index (χ1n) is 9.31. The van der Waals surface area contributed by atoms with Gasteiger partial charge in [-0.2, -0.15) is 5.10 Å². The van der Waals surface area contributed by atoms with Crippen LogP contribution < -0.4 is 5.32 Å². The normalized spacial score (nSPS) is 11.1. The number of benzene rings is 1. The van der Waals surface area contributed by atoms with E-state index < -0.39 is 0 Å². The van der Waals surface area contributed by atoms with Crippen LogP contribution in [-0.2, 0) is 13.6 Å². The summed E-state index contributed by atoms with van der Waals surface area (Å²) in [6.45, 7) is 0.553. The molecule has 0 aliphatic carbocycles. The summed E-state index contributed by atoms with van der Waals surface area (Å²) in [5.74, 6) is 1.58. The molecule has 0 unspecified atom stereocenters. The largest absolute Gasteiger partial charge is 0.325 e. The number of nitrogens with one attached hydrogen (secondary N) is 1. The first-order chi connectivity index (χ1) is 14.7. The topological polar surface area (TPSA) is 86.3 Å². The number of rotatable bonds is 5. The molecule has 4 aromatic heterocycles. The van der Waals surface area contributed by atoms with E-state index in [0.29, 0.717) is 11.6 Å². The lowest BCUT2D eigenvalue weighted by atomic mass is 10.1. The van der Waals surface area contributed by atoms with Crippen molar-refractivity contribution in [3.63, 3.8) is 0 Å². The maximum atomic E-state index is 6.08. The molecule has 0 fully saturated rings. The fraction of sp³-hybridized carbons (Fsp3) is 0.0952. The molecule has 0 saturated heterocycles. The summed E-state index contributed by atoms with van der Waals surface area (Å²) in [4.78, 5) is 8.99.